The Balaban J connectivity index is 1.94. The third-order valence-corrected chi connectivity index (χ3v) is 5.98. The highest BCUT2D eigenvalue weighted by Gasteiger charge is 2.20. The summed E-state index contributed by atoms with van der Waals surface area (Å²) in [6.45, 7) is 11.8. The molecule has 9 nitrogen and oxygen atoms in total. The Morgan fingerprint density at radius 1 is 1.21 bits per heavy atom. The zero-order valence-corrected chi connectivity index (χ0v) is 23.3. The van der Waals surface area contributed by atoms with Crippen molar-refractivity contribution in [2.75, 3.05) is 21.2 Å². The lowest BCUT2D eigenvalue weighted by Crippen LogP contribution is -2.25. The minimum atomic E-state index is -0.245. The molecule has 0 fully saturated rings. The number of guanidine groups is 1. The molecule has 0 spiro atoms. The Bertz CT molecular complexity index is 1300. The highest BCUT2D eigenvalue weighted by atomic mass is 16.5. The molecule has 0 bridgehead atoms. The van der Waals surface area contributed by atoms with E-state index in [-0.39, 0.29) is 11.3 Å². The number of methoxy groups -OCH3 is 1. The van der Waals surface area contributed by atoms with Gasteiger partial charge in [-0.3, -0.25) is 9.79 Å². The number of allylic oxidation sites excluding steroid dienone is 5. The first-order valence-corrected chi connectivity index (χ1v) is 12.4. The van der Waals surface area contributed by atoms with Crippen LogP contribution in [0.4, 0.5) is 0 Å². The van der Waals surface area contributed by atoms with Gasteiger partial charge in [0.15, 0.2) is 5.82 Å². The highest BCUT2D eigenvalue weighted by Crippen LogP contribution is 2.28. The molecule has 0 saturated carbocycles. The molecule has 0 unspecified atom stereocenters. The molecule has 9 heteroatoms. The molecule has 1 aliphatic carbocycles. The molecule has 1 aliphatic heterocycles. The molecule has 0 atom stereocenters. The molecular formula is C29H37N7O2. The summed E-state index contributed by atoms with van der Waals surface area (Å²) >= 11 is 0. The number of carbonyl (C=O) groups excluding carboxylic acids is 1. The lowest BCUT2D eigenvalue weighted by molar-refractivity contribution is 0.0964. The maximum Gasteiger partial charge on any atom is 0.259 e. The van der Waals surface area contributed by atoms with Gasteiger partial charge in [-0.05, 0) is 54.8 Å². The van der Waals surface area contributed by atoms with Crippen LogP contribution in [-0.4, -0.2) is 57.2 Å². The summed E-state index contributed by atoms with van der Waals surface area (Å²) in [5, 5.41) is 6.44. The zero-order chi connectivity index (χ0) is 27.9. The molecule has 0 aromatic heterocycles. The van der Waals surface area contributed by atoms with Gasteiger partial charge in [0, 0.05) is 38.1 Å². The van der Waals surface area contributed by atoms with E-state index in [4.69, 9.17) is 4.74 Å². The lowest BCUT2D eigenvalue weighted by atomic mass is 9.86. The second-order valence-electron chi connectivity index (χ2n) is 10.1. The monoisotopic (exact) mass is 515 g/mol. The van der Waals surface area contributed by atoms with Crippen LogP contribution in [0.15, 0.2) is 84.9 Å². The van der Waals surface area contributed by atoms with Crippen LogP contribution in [0.2, 0.25) is 0 Å². The van der Waals surface area contributed by atoms with Gasteiger partial charge >= 0.3 is 0 Å². The van der Waals surface area contributed by atoms with Gasteiger partial charge in [-0.25, -0.2) is 15.0 Å². The van der Waals surface area contributed by atoms with E-state index in [2.05, 4.69) is 64.2 Å². The standard InChI is InChI=1S/C29H37N7O2/c1-19-10-9-11-21(33-27(37)22-16-20(29(2,3)4)12-13-25(22)38-8)17-24(19)34-26(32-18-30-5)23-14-15-31-28(35-23)36(6)7/h10-13,15-18,34H,5,9,14H2,1-4,6-8H3,(H,33,37)/b26-23-,32-18?. The number of amides is 1. The minimum absolute atomic E-state index is 0.107. The number of hydrogen-bond acceptors (Lipinski definition) is 7. The molecule has 200 valence electrons. The lowest BCUT2D eigenvalue weighted by Gasteiger charge is -2.21. The maximum absolute atomic E-state index is 13.4. The summed E-state index contributed by atoms with van der Waals surface area (Å²) in [6, 6.07) is 5.72. The number of nitrogens with one attached hydrogen (secondary N) is 2. The fourth-order valence-corrected chi connectivity index (χ4v) is 3.75. The predicted octanol–water partition coefficient (Wildman–Crippen LogP) is 4.72. The summed E-state index contributed by atoms with van der Waals surface area (Å²) in [7, 11) is 5.33. The van der Waals surface area contributed by atoms with Crippen molar-refractivity contribution in [2.24, 2.45) is 20.0 Å². The van der Waals surface area contributed by atoms with Gasteiger partial charge in [0.1, 0.15) is 12.1 Å². The van der Waals surface area contributed by atoms with Crippen LogP contribution >= 0.6 is 0 Å². The first-order valence-electron chi connectivity index (χ1n) is 12.4. The van der Waals surface area contributed by atoms with Crippen molar-refractivity contribution in [3.63, 3.8) is 0 Å². The molecular weight excluding hydrogens is 478 g/mol. The molecule has 38 heavy (non-hydrogen) atoms. The maximum atomic E-state index is 13.4. The van der Waals surface area contributed by atoms with Crippen LogP contribution in [-0.2, 0) is 5.41 Å². The van der Waals surface area contributed by atoms with Gasteiger partial charge < -0.3 is 20.3 Å². The third kappa shape index (κ3) is 7.15. The van der Waals surface area contributed by atoms with Crippen molar-refractivity contribution < 1.29 is 9.53 Å². The second kappa shape index (κ2) is 12.3. The van der Waals surface area contributed by atoms with Gasteiger partial charge in [-0.15, -0.1) is 0 Å². The van der Waals surface area contributed by atoms with E-state index in [1.165, 1.54) is 6.34 Å². The number of aliphatic imine (C=N–C) groups is 4. The quantitative estimate of drug-likeness (QED) is 0.405. The van der Waals surface area contributed by atoms with Gasteiger partial charge in [0.2, 0.25) is 5.96 Å². The van der Waals surface area contributed by atoms with Crippen LogP contribution in [0.3, 0.4) is 0 Å². The van der Waals surface area contributed by atoms with Crippen molar-refractivity contribution in [1.82, 2.24) is 15.5 Å². The van der Waals surface area contributed by atoms with Crippen LogP contribution in [0.5, 0.6) is 5.75 Å². The summed E-state index contributed by atoms with van der Waals surface area (Å²) in [5.41, 5.74) is 4.56. The van der Waals surface area contributed by atoms with E-state index in [0.717, 1.165) is 16.8 Å². The molecule has 0 saturated heterocycles. The van der Waals surface area contributed by atoms with Gasteiger partial charge in [-0.1, -0.05) is 39.0 Å². The van der Waals surface area contributed by atoms with Crippen molar-refractivity contribution in [3.05, 3.63) is 76.0 Å². The predicted molar refractivity (Wildman–Crippen MR) is 156 cm³/mol. The molecule has 2 N–H and O–H groups in total. The summed E-state index contributed by atoms with van der Waals surface area (Å²) < 4.78 is 5.49. The van der Waals surface area contributed by atoms with E-state index >= 15 is 0 Å². The molecule has 1 amide bonds. The van der Waals surface area contributed by atoms with E-state index in [1.807, 2.05) is 56.3 Å². The van der Waals surface area contributed by atoms with Crippen LogP contribution in [0.1, 0.15) is 56.5 Å². The second-order valence-corrected chi connectivity index (χ2v) is 10.1. The average Bonchev–Trinajstić information content (AvgIpc) is 3.05. The van der Waals surface area contributed by atoms with Gasteiger partial charge in [0.05, 0.1) is 18.4 Å². The Morgan fingerprint density at radius 2 is 1.97 bits per heavy atom. The van der Waals surface area contributed by atoms with Crippen molar-refractivity contribution in [2.45, 2.75) is 46.0 Å². The molecule has 2 aliphatic rings. The third-order valence-electron chi connectivity index (χ3n) is 5.98. The largest absolute Gasteiger partial charge is 0.496 e. The number of rotatable bonds is 7. The summed E-state index contributed by atoms with van der Waals surface area (Å²) in [4.78, 5) is 32.4. The minimum Gasteiger partial charge on any atom is -0.496 e. The first kappa shape index (κ1) is 28.3. The number of ether oxygens (including phenoxy) is 1. The normalized spacial score (nSPS) is 17.0. The van der Waals surface area contributed by atoms with Crippen LogP contribution in [0.25, 0.3) is 0 Å². The first-order chi connectivity index (χ1) is 18.0. The molecule has 1 aromatic rings. The van der Waals surface area contributed by atoms with Crippen LogP contribution < -0.4 is 15.4 Å². The van der Waals surface area contributed by atoms with E-state index < -0.39 is 0 Å². The molecule has 1 heterocycles. The number of nitrogens with zero attached hydrogens (tertiary/aromatic N) is 5. The Morgan fingerprint density at radius 3 is 2.63 bits per heavy atom. The molecule has 0 radical (unpaired) electrons. The molecule has 1 aromatic carbocycles. The Kier molecular flexibility index (Phi) is 9.17. The van der Waals surface area contributed by atoms with Crippen molar-refractivity contribution in [1.29, 1.82) is 0 Å². The number of hydrogen-bond donors (Lipinski definition) is 2. The SMILES string of the molecule is C=NC=N/C(NC1=CC(NC(=O)c2cc(C(C)(C)C)ccc2OC)=CCC=C1C)=C1\CC=NC(N(C)C)=N1. The fourth-order valence-electron chi connectivity index (χ4n) is 3.75. The van der Waals surface area contributed by atoms with E-state index in [0.29, 0.717) is 47.3 Å². The Hall–Kier alpha value is -4.27. The van der Waals surface area contributed by atoms with Crippen LogP contribution in [0, 0.1) is 0 Å². The smallest absolute Gasteiger partial charge is 0.259 e. The fraction of sp³-hybridized carbons (Fsp3) is 0.345. The summed E-state index contributed by atoms with van der Waals surface area (Å²) in [6.07, 6.45) is 10.3. The number of benzene rings is 1. The topological polar surface area (TPSA) is 103 Å². The summed E-state index contributed by atoms with van der Waals surface area (Å²) in [5.74, 6) is 1.38. The van der Waals surface area contributed by atoms with Crippen molar-refractivity contribution >= 4 is 31.1 Å². The van der Waals surface area contributed by atoms with Gasteiger partial charge in [-0.2, -0.15) is 0 Å². The van der Waals surface area contributed by atoms with Crippen molar-refractivity contribution in [3.8, 4) is 5.75 Å². The van der Waals surface area contributed by atoms with E-state index in [9.17, 15) is 4.79 Å². The highest BCUT2D eigenvalue weighted by molar-refractivity contribution is 5.98. The van der Waals surface area contributed by atoms with E-state index in [1.54, 1.807) is 13.3 Å². The van der Waals surface area contributed by atoms with Gasteiger partial charge in [0.25, 0.3) is 5.91 Å². The average molecular weight is 516 g/mol. The Labute approximate surface area is 225 Å². The molecule has 3 rings (SSSR count). The zero-order valence-electron chi connectivity index (χ0n) is 23.3. The number of carbonyl (C=O) groups is 1.